The molecule has 4 heterocycles. The average Bonchev–Trinajstić information content (AvgIpc) is 3.63. The molecule has 2 aromatic carbocycles. The molecule has 2 amide bonds. The molecule has 202 valence electrons. The van der Waals surface area contributed by atoms with Crippen molar-refractivity contribution in [3.8, 4) is 5.88 Å². The standard InChI is InChI=1S/C28H28BrN5O5/c1-28(2,3)39-27(37)34-13-16-11-17(34)12-33(16)22(35)14-38-32-24-18-6-4-5-7-20(18)30-25(24)23-19-10-15(29)8-9-21(19)31-26(23)36/h4-10,16-17,31,36H,11-14H2,1-3H3/b32-24+/t16-,17-/m1/s1. The van der Waals surface area contributed by atoms with Crippen molar-refractivity contribution in [2.75, 3.05) is 19.7 Å². The van der Waals surface area contributed by atoms with Crippen molar-refractivity contribution >= 4 is 55.9 Å². The van der Waals surface area contributed by atoms with E-state index in [4.69, 9.17) is 14.6 Å². The molecule has 0 aliphatic carbocycles. The van der Waals surface area contributed by atoms with Gasteiger partial charge in [-0.1, -0.05) is 39.3 Å². The van der Waals surface area contributed by atoms with Crippen molar-refractivity contribution < 1.29 is 24.3 Å². The van der Waals surface area contributed by atoms with E-state index in [-0.39, 0.29) is 36.6 Å². The number of hydrogen-bond donors (Lipinski definition) is 2. The smallest absolute Gasteiger partial charge is 0.410 e. The first-order valence-electron chi connectivity index (χ1n) is 12.8. The lowest BCUT2D eigenvalue weighted by Gasteiger charge is -2.35. The molecule has 11 heteroatoms. The maximum Gasteiger partial charge on any atom is 0.410 e. The van der Waals surface area contributed by atoms with Crippen LogP contribution in [0, 0.1) is 0 Å². The number of aromatic amines is 1. The highest BCUT2D eigenvalue weighted by Gasteiger charge is 2.48. The van der Waals surface area contributed by atoms with Crippen LogP contribution in [0.15, 0.2) is 57.1 Å². The van der Waals surface area contributed by atoms with Crippen LogP contribution < -0.4 is 0 Å². The van der Waals surface area contributed by atoms with Gasteiger partial charge in [0, 0.05) is 34.0 Å². The first kappa shape index (κ1) is 25.4. The topological polar surface area (TPSA) is 120 Å². The summed E-state index contributed by atoms with van der Waals surface area (Å²) in [5, 5.41) is 15.9. The third kappa shape index (κ3) is 4.64. The van der Waals surface area contributed by atoms with Gasteiger partial charge in [0.25, 0.3) is 5.91 Å². The highest BCUT2D eigenvalue weighted by molar-refractivity contribution is 9.10. The zero-order chi connectivity index (χ0) is 27.5. The number of H-pyrrole nitrogens is 1. The molecule has 3 aromatic rings. The van der Waals surface area contributed by atoms with Gasteiger partial charge in [0.15, 0.2) is 12.5 Å². The Bertz CT molecular complexity index is 1560. The van der Waals surface area contributed by atoms with E-state index < -0.39 is 5.60 Å². The number of amides is 2. The summed E-state index contributed by atoms with van der Waals surface area (Å²) in [5.74, 6) is -0.222. The number of aliphatic imine (C=N–C) groups is 1. The van der Waals surface area contributed by atoms with Crippen LogP contribution in [0.3, 0.4) is 0 Å². The summed E-state index contributed by atoms with van der Waals surface area (Å²) in [6, 6.07) is 13.0. The second-order valence-corrected chi connectivity index (χ2v) is 11.9. The van der Waals surface area contributed by atoms with Crippen LogP contribution in [0.4, 0.5) is 10.5 Å². The molecule has 0 spiro atoms. The molecule has 0 radical (unpaired) electrons. The summed E-state index contributed by atoms with van der Waals surface area (Å²) in [7, 11) is 0. The second kappa shape index (κ2) is 9.41. The summed E-state index contributed by atoms with van der Waals surface area (Å²) in [4.78, 5) is 42.4. The number of oxime groups is 1. The molecule has 2 bridgehead atoms. The quantitative estimate of drug-likeness (QED) is 0.424. The average molecular weight is 594 g/mol. The molecule has 0 saturated carbocycles. The number of para-hydroxylation sites is 1. The van der Waals surface area contributed by atoms with Gasteiger partial charge in [-0.15, -0.1) is 0 Å². The maximum absolute atomic E-state index is 13.1. The van der Waals surface area contributed by atoms with E-state index >= 15 is 0 Å². The predicted octanol–water partition coefficient (Wildman–Crippen LogP) is 4.71. The summed E-state index contributed by atoms with van der Waals surface area (Å²) in [6.45, 7) is 6.15. The van der Waals surface area contributed by atoms with Gasteiger partial charge in [0.1, 0.15) is 17.0 Å². The minimum absolute atomic E-state index is 0.0268. The second-order valence-electron chi connectivity index (χ2n) is 11.0. The first-order valence-corrected chi connectivity index (χ1v) is 13.6. The number of fused-ring (bicyclic) bond motifs is 4. The van der Waals surface area contributed by atoms with Crippen LogP contribution in [-0.2, 0) is 14.4 Å². The number of ether oxygens (including phenoxy) is 1. The number of likely N-dealkylation sites (tertiary alicyclic amines) is 2. The van der Waals surface area contributed by atoms with Gasteiger partial charge >= 0.3 is 6.09 Å². The van der Waals surface area contributed by atoms with Crippen LogP contribution in [0.2, 0.25) is 0 Å². The molecule has 3 aliphatic heterocycles. The van der Waals surface area contributed by atoms with Gasteiger partial charge in [0.05, 0.1) is 23.3 Å². The minimum atomic E-state index is -0.567. The number of nitrogens with one attached hydrogen (secondary N) is 1. The van der Waals surface area contributed by atoms with E-state index in [1.54, 1.807) is 9.80 Å². The van der Waals surface area contributed by atoms with Crippen LogP contribution in [0.25, 0.3) is 10.9 Å². The zero-order valence-corrected chi connectivity index (χ0v) is 23.4. The van der Waals surface area contributed by atoms with Crippen LogP contribution in [0.1, 0.15) is 38.3 Å². The Balaban J connectivity index is 1.18. The number of carbonyl (C=O) groups excluding carboxylic acids is 2. The molecule has 1 aromatic heterocycles. The normalized spacial score (nSPS) is 21.0. The van der Waals surface area contributed by atoms with Crippen molar-refractivity contribution in [3.63, 3.8) is 0 Å². The molecule has 3 aliphatic rings. The van der Waals surface area contributed by atoms with E-state index in [1.165, 1.54) is 0 Å². The first-order chi connectivity index (χ1) is 18.6. The van der Waals surface area contributed by atoms with Crippen molar-refractivity contribution in [3.05, 3.63) is 58.1 Å². The number of aromatic hydroxyl groups is 1. The van der Waals surface area contributed by atoms with Gasteiger partial charge in [0.2, 0.25) is 0 Å². The fourth-order valence-corrected chi connectivity index (χ4v) is 5.84. The molecule has 2 saturated heterocycles. The Labute approximate surface area is 233 Å². The van der Waals surface area contributed by atoms with E-state index in [1.807, 2.05) is 63.2 Å². The highest BCUT2D eigenvalue weighted by atomic mass is 79.9. The Morgan fingerprint density at radius 3 is 2.64 bits per heavy atom. The molecule has 2 atom stereocenters. The Kier molecular flexibility index (Phi) is 6.13. The number of rotatable bonds is 4. The third-order valence-corrected chi connectivity index (χ3v) is 7.62. The van der Waals surface area contributed by atoms with Gasteiger partial charge in [-0.05, 0) is 51.5 Å². The van der Waals surface area contributed by atoms with E-state index in [0.717, 1.165) is 27.4 Å². The monoisotopic (exact) mass is 593 g/mol. The largest absolute Gasteiger partial charge is 0.494 e. The number of halogens is 1. The van der Waals surface area contributed by atoms with Crippen LogP contribution >= 0.6 is 15.9 Å². The number of hydrogen-bond acceptors (Lipinski definition) is 7. The Hall–Kier alpha value is -3.86. The third-order valence-electron chi connectivity index (χ3n) is 7.13. The lowest BCUT2D eigenvalue weighted by atomic mass is 10.0. The molecule has 6 rings (SSSR count). The number of benzene rings is 2. The van der Waals surface area contributed by atoms with Crippen LogP contribution in [0.5, 0.6) is 5.88 Å². The minimum Gasteiger partial charge on any atom is -0.494 e. The van der Waals surface area contributed by atoms with Gasteiger partial charge < -0.3 is 29.5 Å². The Morgan fingerprint density at radius 2 is 1.90 bits per heavy atom. The summed E-state index contributed by atoms with van der Waals surface area (Å²) < 4.78 is 6.37. The van der Waals surface area contributed by atoms with Gasteiger partial charge in [-0.25, -0.2) is 9.79 Å². The van der Waals surface area contributed by atoms with Gasteiger partial charge in [-0.2, -0.15) is 0 Å². The summed E-state index contributed by atoms with van der Waals surface area (Å²) in [5.41, 5.74) is 3.04. The lowest BCUT2D eigenvalue weighted by Crippen LogP contribution is -2.52. The molecular formula is C28H28BrN5O5. The van der Waals surface area contributed by atoms with E-state index in [0.29, 0.717) is 35.8 Å². The van der Waals surface area contributed by atoms with E-state index in [9.17, 15) is 14.7 Å². The molecular weight excluding hydrogens is 566 g/mol. The number of nitrogens with zero attached hydrogens (tertiary/aromatic N) is 4. The molecule has 2 fully saturated rings. The molecule has 39 heavy (non-hydrogen) atoms. The highest BCUT2D eigenvalue weighted by Crippen LogP contribution is 2.37. The fraction of sp³-hybridized carbons (Fsp3) is 0.357. The molecule has 0 unspecified atom stereocenters. The van der Waals surface area contributed by atoms with Crippen molar-refractivity contribution in [2.24, 2.45) is 10.1 Å². The zero-order valence-electron chi connectivity index (χ0n) is 21.8. The fourth-order valence-electron chi connectivity index (χ4n) is 5.48. The maximum atomic E-state index is 13.1. The SMILES string of the molecule is CC(C)(C)OC(=O)N1C[C@H]2C[C@@H]1CN2C(=O)CO/N=C1/C(c2c(O)[nH]c3ccc(Br)cc23)=Nc2ccccc21. The van der Waals surface area contributed by atoms with Gasteiger partial charge in [-0.3, -0.25) is 4.79 Å². The van der Waals surface area contributed by atoms with E-state index in [2.05, 4.69) is 26.1 Å². The lowest BCUT2D eigenvalue weighted by molar-refractivity contribution is -0.138. The van der Waals surface area contributed by atoms with Crippen molar-refractivity contribution in [1.82, 2.24) is 14.8 Å². The Morgan fingerprint density at radius 1 is 1.15 bits per heavy atom. The number of piperazine rings is 1. The summed E-state index contributed by atoms with van der Waals surface area (Å²) >= 11 is 3.49. The predicted molar refractivity (Wildman–Crippen MR) is 150 cm³/mol. The van der Waals surface area contributed by atoms with Crippen molar-refractivity contribution in [1.29, 1.82) is 0 Å². The number of carbonyl (C=O) groups is 2. The molecule has 2 N–H and O–H groups in total. The molecule has 10 nitrogen and oxygen atoms in total. The van der Waals surface area contributed by atoms with Crippen LogP contribution in [-0.4, -0.2) is 80.7 Å². The van der Waals surface area contributed by atoms with Crippen molar-refractivity contribution in [2.45, 2.75) is 44.9 Å². The number of aromatic nitrogens is 1. The summed E-state index contributed by atoms with van der Waals surface area (Å²) in [6.07, 6.45) is 0.378.